The first-order valence-electron chi connectivity index (χ1n) is 9.13. The predicted molar refractivity (Wildman–Crippen MR) is 102 cm³/mol. The van der Waals surface area contributed by atoms with Gasteiger partial charge in [-0.15, -0.1) is 0 Å². The molecule has 5 heteroatoms. The van der Waals surface area contributed by atoms with Crippen molar-refractivity contribution in [1.29, 1.82) is 5.26 Å². The smallest absolute Gasteiger partial charge is 0.317 e. The fourth-order valence-electron chi connectivity index (χ4n) is 3.58. The summed E-state index contributed by atoms with van der Waals surface area (Å²) in [6, 6.07) is 18.3. The molecule has 1 aliphatic rings. The molecule has 1 aliphatic carbocycles. The third kappa shape index (κ3) is 4.01. The van der Waals surface area contributed by atoms with Crippen molar-refractivity contribution >= 4 is 17.6 Å². The van der Waals surface area contributed by atoms with Crippen LogP contribution < -0.4 is 5.32 Å². The molecule has 2 aromatic rings. The molecule has 0 saturated heterocycles. The average Bonchev–Trinajstić information content (AvgIpc) is 3.20. The number of rotatable bonds is 5. The predicted octanol–water partition coefficient (Wildman–Crippen LogP) is 3.94. The first kappa shape index (κ1) is 18.7. The zero-order valence-electron chi connectivity index (χ0n) is 15.3. The topological polar surface area (TPSA) is 79.2 Å². The molecule has 0 bridgehead atoms. The summed E-state index contributed by atoms with van der Waals surface area (Å²) in [6.45, 7) is 1.56. The molecular formula is C22H22N2O3. The van der Waals surface area contributed by atoms with Gasteiger partial charge in [0.25, 0.3) is 5.91 Å². The second-order valence-corrected chi connectivity index (χ2v) is 6.88. The van der Waals surface area contributed by atoms with Gasteiger partial charge in [-0.1, -0.05) is 49.2 Å². The number of anilines is 1. The summed E-state index contributed by atoms with van der Waals surface area (Å²) < 4.78 is 5.57. The minimum atomic E-state index is -0.926. The lowest BCUT2D eigenvalue weighted by atomic mass is 9.79. The third-order valence-electron chi connectivity index (χ3n) is 5.09. The van der Waals surface area contributed by atoms with E-state index in [4.69, 9.17) is 10.00 Å². The van der Waals surface area contributed by atoms with E-state index in [0.717, 1.165) is 31.2 Å². The second kappa shape index (κ2) is 8.05. The number of nitrogens with zero attached hydrogens (tertiary/aromatic N) is 1. The first-order chi connectivity index (χ1) is 13.0. The van der Waals surface area contributed by atoms with Crippen LogP contribution in [0.4, 0.5) is 5.69 Å². The highest BCUT2D eigenvalue weighted by molar-refractivity contribution is 5.96. The van der Waals surface area contributed by atoms with Crippen LogP contribution >= 0.6 is 0 Å². The second-order valence-electron chi connectivity index (χ2n) is 6.88. The number of nitrogens with one attached hydrogen (secondary N) is 1. The van der Waals surface area contributed by atoms with Crippen LogP contribution in [0.1, 0.15) is 43.7 Å². The number of carbonyl (C=O) groups excluding carboxylic acids is 2. The van der Waals surface area contributed by atoms with Crippen LogP contribution in [0, 0.1) is 11.3 Å². The van der Waals surface area contributed by atoms with Crippen molar-refractivity contribution in [2.24, 2.45) is 0 Å². The molecular weight excluding hydrogens is 340 g/mol. The molecule has 138 valence electrons. The van der Waals surface area contributed by atoms with Crippen molar-refractivity contribution in [3.05, 3.63) is 65.7 Å². The number of nitriles is 1. The number of hydrogen-bond donors (Lipinski definition) is 1. The molecule has 1 N–H and O–H groups in total. The van der Waals surface area contributed by atoms with E-state index in [0.29, 0.717) is 11.3 Å². The average molecular weight is 362 g/mol. The zero-order chi connectivity index (χ0) is 19.3. The Morgan fingerprint density at radius 3 is 2.48 bits per heavy atom. The van der Waals surface area contributed by atoms with Gasteiger partial charge in [0.15, 0.2) is 6.10 Å². The van der Waals surface area contributed by atoms with Crippen molar-refractivity contribution in [1.82, 2.24) is 0 Å². The summed E-state index contributed by atoms with van der Waals surface area (Å²) in [6.07, 6.45) is 2.46. The number of amides is 1. The van der Waals surface area contributed by atoms with Crippen LogP contribution in [0.25, 0.3) is 0 Å². The molecule has 0 aromatic heterocycles. The molecule has 1 atom stereocenters. The maximum absolute atomic E-state index is 13.0. The van der Waals surface area contributed by atoms with E-state index >= 15 is 0 Å². The highest BCUT2D eigenvalue weighted by Gasteiger charge is 2.45. The van der Waals surface area contributed by atoms with Crippen LogP contribution in [0.3, 0.4) is 0 Å². The summed E-state index contributed by atoms with van der Waals surface area (Å²) in [5.41, 5.74) is 1.23. The lowest BCUT2D eigenvalue weighted by molar-refractivity contribution is -0.159. The van der Waals surface area contributed by atoms with Gasteiger partial charge in [0.05, 0.1) is 17.0 Å². The van der Waals surface area contributed by atoms with Gasteiger partial charge in [-0.05, 0) is 43.5 Å². The van der Waals surface area contributed by atoms with Crippen LogP contribution in [0.15, 0.2) is 54.6 Å². The summed E-state index contributed by atoms with van der Waals surface area (Å²) >= 11 is 0. The van der Waals surface area contributed by atoms with Crippen molar-refractivity contribution in [3.8, 4) is 6.07 Å². The Kier molecular flexibility index (Phi) is 5.56. The molecule has 0 aliphatic heterocycles. The van der Waals surface area contributed by atoms with Crippen molar-refractivity contribution in [2.45, 2.75) is 44.1 Å². The molecule has 0 unspecified atom stereocenters. The van der Waals surface area contributed by atoms with Crippen LogP contribution in [0.5, 0.6) is 0 Å². The summed E-state index contributed by atoms with van der Waals surface area (Å²) in [5, 5.41) is 11.6. The monoisotopic (exact) mass is 362 g/mol. The first-order valence-corrected chi connectivity index (χ1v) is 9.13. The Labute approximate surface area is 159 Å². The Balaban J connectivity index is 1.70. The lowest BCUT2D eigenvalue weighted by Crippen LogP contribution is -2.39. The normalized spacial score (nSPS) is 16.1. The highest BCUT2D eigenvalue weighted by atomic mass is 16.5. The summed E-state index contributed by atoms with van der Waals surface area (Å²) in [4.78, 5) is 25.4. The Morgan fingerprint density at radius 2 is 1.81 bits per heavy atom. The number of hydrogen-bond acceptors (Lipinski definition) is 4. The minimum absolute atomic E-state index is 0.348. The van der Waals surface area contributed by atoms with E-state index in [2.05, 4.69) is 5.32 Å². The van der Waals surface area contributed by atoms with Gasteiger partial charge in [-0.25, -0.2) is 0 Å². The Hall–Kier alpha value is -3.13. The highest BCUT2D eigenvalue weighted by Crippen LogP contribution is 2.42. The van der Waals surface area contributed by atoms with E-state index in [1.54, 1.807) is 31.2 Å². The maximum Gasteiger partial charge on any atom is 0.317 e. The SMILES string of the molecule is C[C@H](OC(=O)C1(c2ccccc2)CCCC1)C(=O)Nc1cccc(C#N)c1. The number of esters is 1. The molecule has 27 heavy (non-hydrogen) atoms. The van der Waals surface area contributed by atoms with Gasteiger partial charge in [-0.3, -0.25) is 9.59 Å². The molecule has 0 radical (unpaired) electrons. The number of carbonyl (C=O) groups is 2. The molecule has 3 rings (SSSR count). The van der Waals surface area contributed by atoms with E-state index in [9.17, 15) is 9.59 Å². The third-order valence-corrected chi connectivity index (χ3v) is 5.09. The number of ether oxygens (including phenoxy) is 1. The quantitative estimate of drug-likeness (QED) is 0.817. The van der Waals surface area contributed by atoms with E-state index in [1.165, 1.54) is 0 Å². The zero-order valence-corrected chi connectivity index (χ0v) is 15.3. The van der Waals surface area contributed by atoms with Gasteiger partial charge in [-0.2, -0.15) is 5.26 Å². The maximum atomic E-state index is 13.0. The molecule has 1 saturated carbocycles. The van der Waals surface area contributed by atoms with Crippen LogP contribution in [-0.4, -0.2) is 18.0 Å². The Bertz CT molecular complexity index is 865. The molecule has 0 heterocycles. The van der Waals surface area contributed by atoms with Gasteiger partial charge in [0.2, 0.25) is 0 Å². The van der Waals surface area contributed by atoms with E-state index in [1.807, 2.05) is 36.4 Å². The van der Waals surface area contributed by atoms with Crippen LogP contribution in [0.2, 0.25) is 0 Å². The fraction of sp³-hybridized carbons (Fsp3) is 0.318. The minimum Gasteiger partial charge on any atom is -0.452 e. The van der Waals surface area contributed by atoms with Gasteiger partial charge >= 0.3 is 5.97 Å². The van der Waals surface area contributed by atoms with Crippen molar-refractivity contribution in [2.75, 3.05) is 5.32 Å². The summed E-state index contributed by atoms with van der Waals surface area (Å²) in [7, 11) is 0. The molecule has 1 fully saturated rings. The number of benzene rings is 2. The largest absolute Gasteiger partial charge is 0.452 e. The van der Waals surface area contributed by atoms with E-state index < -0.39 is 17.4 Å². The van der Waals surface area contributed by atoms with E-state index in [-0.39, 0.29) is 5.97 Å². The fourth-order valence-corrected chi connectivity index (χ4v) is 3.58. The van der Waals surface area contributed by atoms with Gasteiger partial charge < -0.3 is 10.1 Å². The standard InChI is InChI=1S/C22H22N2O3/c1-16(20(25)24-19-11-7-8-17(14-19)15-23)27-21(26)22(12-5-6-13-22)18-9-3-2-4-10-18/h2-4,7-11,14,16H,5-6,12-13H2,1H3,(H,24,25)/t16-/m0/s1. The van der Waals surface area contributed by atoms with Crippen LogP contribution in [-0.2, 0) is 19.7 Å². The van der Waals surface area contributed by atoms with Gasteiger partial charge in [0.1, 0.15) is 0 Å². The molecule has 1 amide bonds. The van der Waals surface area contributed by atoms with Crippen molar-refractivity contribution in [3.63, 3.8) is 0 Å². The lowest BCUT2D eigenvalue weighted by Gasteiger charge is -2.28. The summed E-state index contributed by atoms with van der Waals surface area (Å²) in [5.74, 6) is -0.765. The molecule has 0 spiro atoms. The Morgan fingerprint density at radius 1 is 1.11 bits per heavy atom. The van der Waals surface area contributed by atoms with Gasteiger partial charge in [0, 0.05) is 5.69 Å². The molecule has 5 nitrogen and oxygen atoms in total. The van der Waals surface area contributed by atoms with Crippen molar-refractivity contribution < 1.29 is 14.3 Å². The molecule has 2 aromatic carbocycles.